The standard InChI is InChI=1S/C30H37N3O.3ClH/c1-22-20-33(23(2)19-32(22)21-24-8-5-4-6-9-24)30(26-10-7-11-29(17-26)34-3)27-13-12-25-14-15-31-18-28(25)16-27;;;/h4-13,16-17,22-23,30-31H,14-15,18-21H2,1-3H3;3*1H/t22-,23+,30+;;;/m1.../s1. The average molecular weight is 565 g/mol. The second-order valence-electron chi connectivity index (χ2n) is 9.94. The molecule has 5 rings (SSSR count). The third kappa shape index (κ3) is 7.20. The molecule has 2 heterocycles. The van der Waals surface area contributed by atoms with Gasteiger partial charge in [-0.1, -0.05) is 60.7 Å². The lowest BCUT2D eigenvalue weighted by Crippen LogP contribution is -2.56. The molecule has 0 saturated carbocycles. The van der Waals surface area contributed by atoms with E-state index in [2.05, 4.69) is 95.7 Å². The van der Waals surface area contributed by atoms with E-state index in [1.807, 2.05) is 6.07 Å². The van der Waals surface area contributed by atoms with Crippen LogP contribution in [0.25, 0.3) is 0 Å². The summed E-state index contributed by atoms with van der Waals surface area (Å²) < 4.78 is 5.61. The van der Waals surface area contributed by atoms with Gasteiger partial charge < -0.3 is 10.1 Å². The number of fused-ring (bicyclic) bond motifs is 1. The van der Waals surface area contributed by atoms with E-state index >= 15 is 0 Å². The second kappa shape index (κ2) is 14.4. The summed E-state index contributed by atoms with van der Waals surface area (Å²) in [6, 6.07) is 27.8. The Morgan fingerprint density at radius 3 is 2.35 bits per heavy atom. The van der Waals surface area contributed by atoms with E-state index in [0.29, 0.717) is 12.1 Å². The van der Waals surface area contributed by atoms with Crippen molar-refractivity contribution in [2.24, 2.45) is 0 Å². The molecular weight excluding hydrogens is 525 g/mol. The maximum absolute atomic E-state index is 5.61. The molecule has 3 aromatic rings. The van der Waals surface area contributed by atoms with Crippen molar-refractivity contribution in [2.75, 3.05) is 26.7 Å². The molecule has 1 saturated heterocycles. The van der Waals surface area contributed by atoms with Gasteiger partial charge in [0, 0.05) is 38.3 Å². The molecular formula is C30H40Cl3N3O. The largest absolute Gasteiger partial charge is 0.497 e. The molecule has 2 aliphatic heterocycles. The minimum Gasteiger partial charge on any atom is -0.497 e. The van der Waals surface area contributed by atoms with Crippen molar-refractivity contribution >= 4 is 37.2 Å². The molecule has 0 unspecified atom stereocenters. The molecule has 37 heavy (non-hydrogen) atoms. The van der Waals surface area contributed by atoms with Gasteiger partial charge in [0.1, 0.15) is 5.75 Å². The van der Waals surface area contributed by atoms with Crippen LogP contribution >= 0.6 is 37.2 Å². The van der Waals surface area contributed by atoms with E-state index in [4.69, 9.17) is 4.74 Å². The summed E-state index contributed by atoms with van der Waals surface area (Å²) >= 11 is 0. The molecule has 0 aromatic heterocycles. The zero-order valence-electron chi connectivity index (χ0n) is 21.9. The molecule has 7 heteroatoms. The number of halogens is 3. The van der Waals surface area contributed by atoms with Gasteiger partial charge >= 0.3 is 0 Å². The minimum atomic E-state index is 0. The predicted octanol–water partition coefficient (Wildman–Crippen LogP) is 6.29. The molecule has 1 fully saturated rings. The van der Waals surface area contributed by atoms with Crippen LogP contribution in [0.3, 0.4) is 0 Å². The highest BCUT2D eigenvalue weighted by Gasteiger charge is 2.35. The molecule has 0 radical (unpaired) electrons. The van der Waals surface area contributed by atoms with E-state index in [0.717, 1.165) is 44.9 Å². The zero-order valence-corrected chi connectivity index (χ0v) is 24.4. The molecule has 0 amide bonds. The summed E-state index contributed by atoms with van der Waals surface area (Å²) in [7, 11) is 1.76. The van der Waals surface area contributed by atoms with Crippen LogP contribution in [-0.2, 0) is 19.5 Å². The summed E-state index contributed by atoms with van der Waals surface area (Å²) in [5.74, 6) is 0.922. The van der Waals surface area contributed by atoms with E-state index in [-0.39, 0.29) is 43.3 Å². The quantitative estimate of drug-likeness (QED) is 0.381. The SMILES string of the molecule is COc1cccc([C@@H](c2ccc3c(c2)CNCC3)N2C[C@@H](C)N(Cc3ccccc3)C[C@@H]2C)c1.Cl.Cl.Cl. The predicted molar refractivity (Wildman–Crippen MR) is 161 cm³/mol. The minimum absolute atomic E-state index is 0. The summed E-state index contributed by atoms with van der Waals surface area (Å²) in [5, 5.41) is 3.55. The van der Waals surface area contributed by atoms with Gasteiger partial charge in [0.15, 0.2) is 0 Å². The maximum Gasteiger partial charge on any atom is 0.119 e. The molecule has 2 aliphatic rings. The van der Waals surface area contributed by atoms with Crippen molar-refractivity contribution in [2.45, 2.75) is 51.5 Å². The molecule has 0 bridgehead atoms. The normalized spacial score (nSPS) is 20.4. The molecule has 4 nitrogen and oxygen atoms in total. The summed E-state index contributed by atoms with van der Waals surface area (Å²) in [6.07, 6.45) is 1.12. The van der Waals surface area contributed by atoms with Gasteiger partial charge in [0.25, 0.3) is 0 Å². The fourth-order valence-corrected chi connectivity index (χ4v) is 5.68. The van der Waals surface area contributed by atoms with Crippen LogP contribution in [0.5, 0.6) is 5.75 Å². The van der Waals surface area contributed by atoms with Crippen LogP contribution in [0.1, 0.15) is 47.7 Å². The van der Waals surface area contributed by atoms with Crippen LogP contribution in [0.2, 0.25) is 0 Å². The highest BCUT2D eigenvalue weighted by Crippen LogP contribution is 2.36. The molecule has 202 valence electrons. The monoisotopic (exact) mass is 563 g/mol. The van der Waals surface area contributed by atoms with Crippen LogP contribution < -0.4 is 10.1 Å². The number of nitrogens with one attached hydrogen (secondary N) is 1. The number of rotatable bonds is 6. The van der Waals surface area contributed by atoms with Crippen molar-refractivity contribution in [3.8, 4) is 5.75 Å². The summed E-state index contributed by atoms with van der Waals surface area (Å²) in [4.78, 5) is 5.34. The molecule has 1 N–H and O–H groups in total. The van der Waals surface area contributed by atoms with Crippen molar-refractivity contribution in [1.29, 1.82) is 0 Å². The van der Waals surface area contributed by atoms with E-state index in [1.54, 1.807) is 7.11 Å². The Morgan fingerprint density at radius 1 is 0.838 bits per heavy atom. The first-order chi connectivity index (χ1) is 16.6. The van der Waals surface area contributed by atoms with Crippen molar-refractivity contribution < 1.29 is 4.74 Å². The lowest BCUT2D eigenvalue weighted by atomic mass is 9.90. The number of hydrogen-bond acceptors (Lipinski definition) is 4. The van der Waals surface area contributed by atoms with Crippen LogP contribution in [-0.4, -0.2) is 48.6 Å². The van der Waals surface area contributed by atoms with E-state index < -0.39 is 0 Å². The average Bonchev–Trinajstić information content (AvgIpc) is 2.87. The highest BCUT2D eigenvalue weighted by molar-refractivity contribution is 5.86. The van der Waals surface area contributed by atoms with Gasteiger partial charge in [0.05, 0.1) is 13.2 Å². The van der Waals surface area contributed by atoms with Gasteiger partial charge in [-0.05, 0) is 66.8 Å². The third-order valence-corrected chi connectivity index (χ3v) is 7.57. The van der Waals surface area contributed by atoms with Crippen LogP contribution in [0, 0.1) is 0 Å². The Labute approximate surface area is 241 Å². The zero-order chi connectivity index (χ0) is 23.5. The summed E-state index contributed by atoms with van der Waals surface area (Å²) in [6.45, 7) is 9.90. The van der Waals surface area contributed by atoms with Gasteiger partial charge in [-0.15, -0.1) is 37.2 Å². The first-order valence-electron chi connectivity index (χ1n) is 12.6. The number of hydrogen-bond donors (Lipinski definition) is 1. The van der Waals surface area contributed by atoms with Crippen LogP contribution in [0.15, 0.2) is 72.8 Å². The van der Waals surface area contributed by atoms with Gasteiger partial charge in [-0.25, -0.2) is 0 Å². The van der Waals surface area contributed by atoms with Crippen molar-refractivity contribution in [1.82, 2.24) is 15.1 Å². The van der Waals surface area contributed by atoms with E-state index in [9.17, 15) is 0 Å². The molecule has 3 aromatic carbocycles. The van der Waals surface area contributed by atoms with Gasteiger partial charge in [0.2, 0.25) is 0 Å². The third-order valence-electron chi connectivity index (χ3n) is 7.57. The molecule has 0 spiro atoms. The lowest BCUT2D eigenvalue weighted by Gasteiger charge is -2.48. The topological polar surface area (TPSA) is 27.7 Å². The Hall–Kier alpha value is -1.79. The molecule has 0 aliphatic carbocycles. The fraction of sp³-hybridized carbons (Fsp3) is 0.400. The van der Waals surface area contributed by atoms with Crippen molar-refractivity contribution in [3.63, 3.8) is 0 Å². The lowest BCUT2D eigenvalue weighted by molar-refractivity contribution is 0.0195. The van der Waals surface area contributed by atoms with Gasteiger partial charge in [-0.2, -0.15) is 0 Å². The number of benzene rings is 3. The number of piperazine rings is 1. The number of ether oxygens (including phenoxy) is 1. The van der Waals surface area contributed by atoms with Crippen molar-refractivity contribution in [3.05, 3.63) is 101 Å². The van der Waals surface area contributed by atoms with E-state index in [1.165, 1.54) is 27.8 Å². The Balaban J connectivity index is 0.00000160. The smallest absolute Gasteiger partial charge is 0.119 e. The molecule has 3 atom stereocenters. The Bertz CT molecular complexity index is 1110. The Morgan fingerprint density at radius 2 is 1.59 bits per heavy atom. The summed E-state index contributed by atoms with van der Waals surface area (Å²) in [5.41, 5.74) is 7.01. The Kier molecular flexibility index (Phi) is 12.2. The number of nitrogens with zero attached hydrogens (tertiary/aromatic N) is 2. The van der Waals surface area contributed by atoms with Gasteiger partial charge in [-0.3, -0.25) is 9.80 Å². The fourth-order valence-electron chi connectivity index (χ4n) is 5.68. The van der Waals surface area contributed by atoms with Crippen LogP contribution in [0.4, 0.5) is 0 Å². The first-order valence-corrected chi connectivity index (χ1v) is 12.6. The maximum atomic E-state index is 5.61. The number of methoxy groups -OCH3 is 1. The highest BCUT2D eigenvalue weighted by atomic mass is 35.5. The first kappa shape index (κ1) is 31.4. The second-order valence-corrected chi connectivity index (χ2v) is 9.94.